The van der Waals surface area contributed by atoms with Gasteiger partial charge in [0.1, 0.15) is 0 Å². The van der Waals surface area contributed by atoms with Gasteiger partial charge in [0, 0.05) is 12.2 Å². The Hall–Kier alpha value is -2.09. The summed E-state index contributed by atoms with van der Waals surface area (Å²) < 4.78 is 0. The zero-order valence-electron chi connectivity index (χ0n) is 13.5. The molecular formula is C20H25NO. The van der Waals surface area contributed by atoms with Crippen LogP contribution < -0.4 is 4.90 Å². The van der Waals surface area contributed by atoms with Crippen molar-refractivity contribution in [2.24, 2.45) is 0 Å². The van der Waals surface area contributed by atoms with E-state index >= 15 is 0 Å². The molecule has 1 atom stereocenters. The molecule has 0 saturated carbocycles. The van der Waals surface area contributed by atoms with Crippen molar-refractivity contribution in [3.05, 3.63) is 66.2 Å². The lowest BCUT2D eigenvalue weighted by molar-refractivity contribution is -0.120. The first kappa shape index (κ1) is 16.3. The Labute approximate surface area is 133 Å². The zero-order chi connectivity index (χ0) is 15.8. The van der Waals surface area contributed by atoms with Crippen LogP contribution >= 0.6 is 0 Å². The van der Waals surface area contributed by atoms with Gasteiger partial charge in [0.25, 0.3) is 0 Å². The molecule has 2 nitrogen and oxygen atoms in total. The minimum absolute atomic E-state index is 0.0711. The van der Waals surface area contributed by atoms with Crippen LogP contribution in [0.2, 0.25) is 0 Å². The molecule has 2 heteroatoms. The monoisotopic (exact) mass is 295 g/mol. The zero-order valence-corrected chi connectivity index (χ0v) is 13.5. The van der Waals surface area contributed by atoms with Gasteiger partial charge < -0.3 is 4.90 Å². The number of rotatable bonds is 7. The van der Waals surface area contributed by atoms with E-state index in [0.717, 1.165) is 37.1 Å². The molecular weight excluding hydrogens is 270 g/mol. The molecule has 2 aromatic carbocycles. The molecule has 0 saturated heterocycles. The van der Waals surface area contributed by atoms with Crippen LogP contribution in [0.25, 0.3) is 0 Å². The van der Waals surface area contributed by atoms with E-state index in [2.05, 4.69) is 26.0 Å². The average Bonchev–Trinajstić information content (AvgIpc) is 2.58. The fourth-order valence-corrected chi connectivity index (χ4v) is 2.72. The molecule has 0 aliphatic carbocycles. The first-order valence-corrected chi connectivity index (χ1v) is 8.19. The van der Waals surface area contributed by atoms with Gasteiger partial charge in [-0.15, -0.1) is 0 Å². The number of amides is 1. The Morgan fingerprint density at radius 1 is 0.955 bits per heavy atom. The molecule has 0 spiro atoms. The molecule has 0 aliphatic heterocycles. The van der Waals surface area contributed by atoms with Crippen LogP contribution in [0.1, 0.15) is 44.6 Å². The summed E-state index contributed by atoms with van der Waals surface area (Å²) in [7, 11) is 0. The number of hydrogen-bond donors (Lipinski definition) is 0. The van der Waals surface area contributed by atoms with E-state index in [1.165, 1.54) is 0 Å². The van der Waals surface area contributed by atoms with E-state index in [0.29, 0.717) is 0 Å². The first-order chi connectivity index (χ1) is 10.8. The maximum absolute atomic E-state index is 13.1. The van der Waals surface area contributed by atoms with Crippen LogP contribution in [-0.2, 0) is 4.79 Å². The molecule has 2 rings (SSSR count). The quantitative estimate of drug-likeness (QED) is 0.703. The van der Waals surface area contributed by atoms with Crippen LogP contribution in [0.15, 0.2) is 60.7 Å². The van der Waals surface area contributed by atoms with Crippen molar-refractivity contribution in [3.8, 4) is 0 Å². The smallest absolute Gasteiger partial charge is 0.234 e. The highest BCUT2D eigenvalue weighted by Gasteiger charge is 2.25. The molecule has 1 unspecified atom stereocenters. The third-order valence-corrected chi connectivity index (χ3v) is 3.98. The number of carbonyl (C=O) groups excluding carboxylic acids is 1. The van der Waals surface area contributed by atoms with Crippen molar-refractivity contribution in [1.29, 1.82) is 0 Å². The van der Waals surface area contributed by atoms with Gasteiger partial charge in [-0.1, -0.05) is 68.8 Å². The van der Waals surface area contributed by atoms with Crippen molar-refractivity contribution < 1.29 is 4.79 Å². The fourth-order valence-electron chi connectivity index (χ4n) is 2.72. The van der Waals surface area contributed by atoms with Crippen molar-refractivity contribution >= 4 is 11.6 Å². The van der Waals surface area contributed by atoms with Crippen LogP contribution in [0.4, 0.5) is 5.69 Å². The number of hydrogen-bond acceptors (Lipinski definition) is 1. The van der Waals surface area contributed by atoms with Gasteiger partial charge in [-0.25, -0.2) is 0 Å². The van der Waals surface area contributed by atoms with Crippen molar-refractivity contribution in [2.45, 2.75) is 39.0 Å². The maximum Gasteiger partial charge on any atom is 0.234 e. The van der Waals surface area contributed by atoms with Gasteiger partial charge in [0.05, 0.1) is 5.92 Å². The summed E-state index contributed by atoms with van der Waals surface area (Å²) in [5.74, 6) is 0.131. The van der Waals surface area contributed by atoms with Crippen molar-refractivity contribution in [3.63, 3.8) is 0 Å². The van der Waals surface area contributed by atoms with Gasteiger partial charge in [0.15, 0.2) is 0 Å². The SMILES string of the molecule is CCCCN(C(=O)C(CC)c1ccccc1)c1ccccc1. The van der Waals surface area contributed by atoms with Gasteiger partial charge in [-0.3, -0.25) is 4.79 Å². The molecule has 2 aromatic rings. The average molecular weight is 295 g/mol. The van der Waals surface area contributed by atoms with Crippen LogP contribution in [-0.4, -0.2) is 12.5 Å². The number of carbonyl (C=O) groups is 1. The molecule has 22 heavy (non-hydrogen) atoms. The molecule has 0 fully saturated rings. The number of nitrogens with zero attached hydrogens (tertiary/aromatic N) is 1. The predicted molar refractivity (Wildman–Crippen MR) is 93.2 cm³/mol. The highest BCUT2D eigenvalue weighted by molar-refractivity contribution is 5.98. The Morgan fingerprint density at radius 2 is 1.55 bits per heavy atom. The number of para-hydroxylation sites is 1. The highest BCUT2D eigenvalue weighted by atomic mass is 16.2. The Morgan fingerprint density at radius 3 is 2.09 bits per heavy atom. The molecule has 0 radical (unpaired) electrons. The Balaban J connectivity index is 2.27. The summed E-state index contributed by atoms with van der Waals surface area (Å²) >= 11 is 0. The third-order valence-electron chi connectivity index (χ3n) is 3.98. The van der Waals surface area contributed by atoms with Gasteiger partial charge in [-0.2, -0.15) is 0 Å². The summed E-state index contributed by atoms with van der Waals surface area (Å²) in [6, 6.07) is 20.1. The maximum atomic E-state index is 13.1. The Kier molecular flexibility index (Phi) is 6.20. The van der Waals surface area contributed by atoms with Crippen LogP contribution in [0.5, 0.6) is 0 Å². The van der Waals surface area contributed by atoms with Crippen molar-refractivity contribution in [2.75, 3.05) is 11.4 Å². The normalized spacial score (nSPS) is 11.9. The number of benzene rings is 2. The summed E-state index contributed by atoms with van der Waals surface area (Å²) in [6.07, 6.45) is 2.92. The largest absolute Gasteiger partial charge is 0.312 e. The lowest BCUT2D eigenvalue weighted by Gasteiger charge is -2.27. The summed E-state index contributed by atoms with van der Waals surface area (Å²) in [4.78, 5) is 15.1. The standard InChI is InChI=1S/C20H25NO/c1-3-5-16-21(18-14-10-7-11-15-18)20(22)19(4-2)17-12-8-6-9-13-17/h6-15,19H,3-5,16H2,1-2H3. The predicted octanol–water partition coefficient (Wildman–Crippen LogP) is 5.01. The van der Waals surface area contributed by atoms with E-state index in [1.807, 2.05) is 53.4 Å². The lowest BCUT2D eigenvalue weighted by Crippen LogP contribution is -2.36. The molecule has 116 valence electrons. The van der Waals surface area contributed by atoms with E-state index in [-0.39, 0.29) is 11.8 Å². The topological polar surface area (TPSA) is 20.3 Å². The molecule has 0 bridgehead atoms. The van der Waals surface area contributed by atoms with Crippen LogP contribution in [0.3, 0.4) is 0 Å². The highest BCUT2D eigenvalue weighted by Crippen LogP contribution is 2.25. The second-order valence-corrected chi connectivity index (χ2v) is 5.55. The summed E-state index contributed by atoms with van der Waals surface area (Å²) in [6.45, 7) is 5.02. The van der Waals surface area contributed by atoms with Gasteiger partial charge in [-0.05, 0) is 30.5 Å². The van der Waals surface area contributed by atoms with Gasteiger partial charge in [0.2, 0.25) is 5.91 Å². The van der Waals surface area contributed by atoms with E-state index in [1.54, 1.807) is 0 Å². The van der Waals surface area contributed by atoms with E-state index in [9.17, 15) is 4.79 Å². The Bertz CT molecular complexity index is 565. The molecule has 0 N–H and O–H groups in total. The van der Waals surface area contributed by atoms with Crippen molar-refractivity contribution in [1.82, 2.24) is 0 Å². The third kappa shape index (κ3) is 3.97. The molecule has 0 aromatic heterocycles. The van der Waals surface area contributed by atoms with E-state index < -0.39 is 0 Å². The minimum Gasteiger partial charge on any atom is -0.312 e. The first-order valence-electron chi connectivity index (χ1n) is 8.19. The lowest BCUT2D eigenvalue weighted by atomic mass is 9.94. The number of unbranched alkanes of at least 4 members (excludes halogenated alkanes) is 1. The fraction of sp³-hybridized carbons (Fsp3) is 0.350. The minimum atomic E-state index is -0.0711. The number of anilines is 1. The van der Waals surface area contributed by atoms with E-state index in [4.69, 9.17) is 0 Å². The molecule has 1 amide bonds. The van der Waals surface area contributed by atoms with Crippen LogP contribution in [0, 0.1) is 0 Å². The summed E-state index contributed by atoms with van der Waals surface area (Å²) in [5, 5.41) is 0. The molecule has 0 aliphatic rings. The second kappa shape index (κ2) is 8.38. The molecule has 0 heterocycles. The van der Waals surface area contributed by atoms with Gasteiger partial charge >= 0.3 is 0 Å². The second-order valence-electron chi connectivity index (χ2n) is 5.55. The summed E-state index contributed by atoms with van der Waals surface area (Å²) in [5.41, 5.74) is 2.10.